The van der Waals surface area contributed by atoms with E-state index in [1.165, 1.54) is 11.3 Å². The van der Waals surface area contributed by atoms with Gasteiger partial charge in [-0.3, -0.25) is 4.79 Å². The lowest BCUT2D eigenvalue weighted by Crippen LogP contribution is -2.19. The van der Waals surface area contributed by atoms with Gasteiger partial charge in [-0.05, 0) is 0 Å². The summed E-state index contributed by atoms with van der Waals surface area (Å²) >= 11 is 1.26. The molecule has 1 aromatic rings. The Morgan fingerprint density at radius 2 is 2.70 bits per heavy atom. The Morgan fingerprint density at radius 1 is 1.90 bits per heavy atom. The molecule has 0 aliphatic rings. The Kier molecular flexibility index (Phi) is 2.35. The fourth-order valence-electron chi connectivity index (χ4n) is 0.400. The molecule has 0 spiro atoms. The summed E-state index contributed by atoms with van der Waals surface area (Å²) in [5.74, 6) is -0.463. The molecular formula is C5H6N2O2S. The average molecular weight is 158 g/mol. The van der Waals surface area contributed by atoms with Gasteiger partial charge in [0.25, 0.3) is 5.19 Å². The third-order valence-corrected chi connectivity index (χ3v) is 1.43. The zero-order chi connectivity index (χ0) is 7.40. The van der Waals surface area contributed by atoms with E-state index in [0.717, 1.165) is 0 Å². The Morgan fingerprint density at radius 3 is 3.20 bits per heavy atom. The molecule has 0 saturated heterocycles. The molecule has 0 saturated carbocycles. The lowest BCUT2D eigenvalue weighted by Gasteiger charge is -1.93. The number of rotatable bonds is 2. The standard InChI is InChI=1S/C5H6N2O2S/c6-3-4(8)9-5-7-1-2-10-5/h1-2H,3,6H2. The first-order chi connectivity index (χ1) is 4.83. The first-order valence-corrected chi connectivity index (χ1v) is 3.51. The Labute approximate surface area is 61.6 Å². The Hall–Kier alpha value is -0.940. The minimum atomic E-state index is -0.463. The zero-order valence-electron chi connectivity index (χ0n) is 5.11. The van der Waals surface area contributed by atoms with E-state index in [1.54, 1.807) is 11.6 Å². The number of aromatic nitrogens is 1. The molecule has 0 amide bonds. The van der Waals surface area contributed by atoms with E-state index < -0.39 is 5.97 Å². The quantitative estimate of drug-likeness (QED) is 0.615. The summed E-state index contributed by atoms with van der Waals surface area (Å²) in [7, 11) is 0. The molecule has 10 heavy (non-hydrogen) atoms. The summed E-state index contributed by atoms with van der Waals surface area (Å²) in [4.78, 5) is 14.2. The van der Waals surface area contributed by atoms with Crippen molar-refractivity contribution in [2.45, 2.75) is 0 Å². The van der Waals surface area contributed by atoms with Gasteiger partial charge in [0.2, 0.25) is 0 Å². The predicted molar refractivity (Wildman–Crippen MR) is 36.8 cm³/mol. The highest BCUT2D eigenvalue weighted by atomic mass is 32.1. The van der Waals surface area contributed by atoms with Crippen LogP contribution in [0.5, 0.6) is 5.19 Å². The van der Waals surface area contributed by atoms with Crippen molar-refractivity contribution in [3.63, 3.8) is 0 Å². The number of hydrogen-bond acceptors (Lipinski definition) is 5. The molecule has 0 atom stereocenters. The van der Waals surface area contributed by atoms with Crippen LogP contribution in [0.2, 0.25) is 0 Å². The molecule has 0 fully saturated rings. The van der Waals surface area contributed by atoms with Crippen LogP contribution in [0.1, 0.15) is 0 Å². The zero-order valence-corrected chi connectivity index (χ0v) is 5.93. The minimum absolute atomic E-state index is 0.112. The maximum absolute atomic E-state index is 10.5. The summed E-state index contributed by atoms with van der Waals surface area (Å²) in [6.07, 6.45) is 1.56. The second-order valence-corrected chi connectivity index (χ2v) is 2.33. The van der Waals surface area contributed by atoms with Crippen molar-refractivity contribution in [1.82, 2.24) is 4.98 Å². The molecule has 1 aromatic heterocycles. The van der Waals surface area contributed by atoms with Crippen molar-refractivity contribution in [2.75, 3.05) is 6.54 Å². The fourth-order valence-corrected chi connectivity index (χ4v) is 0.901. The van der Waals surface area contributed by atoms with Crippen LogP contribution in [0.15, 0.2) is 11.6 Å². The van der Waals surface area contributed by atoms with Crippen LogP contribution in [-0.4, -0.2) is 17.5 Å². The second-order valence-electron chi connectivity index (χ2n) is 1.48. The van der Waals surface area contributed by atoms with Crippen molar-refractivity contribution < 1.29 is 9.53 Å². The molecule has 0 bridgehead atoms. The van der Waals surface area contributed by atoms with Crippen molar-refractivity contribution >= 4 is 17.3 Å². The Balaban J connectivity index is 2.48. The van der Waals surface area contributed by atoms with E-state index in [-0.39, 0.29) is 6.54 Å². The van der Waals surface area contributed by atoms with Crippen LogP contribution in [0.4, 0.5) is 0 Å². The SMILES string of the molecule is NCC(=O)Oc1nccs1. The van der Waals surface area contributed by atoms with E-state index in [4.69, 9.17) is 5.73 Å². The molecule has 5 heteroatoms. The molecule has 0 aromatic carbocycles. The van der Waals surface area contributed by atoms with E-state index in [1.807, 2.05) is 0 Å². The van der Waals surface area contributed by atoms with Gasteiger partial charge in [-0.2, -0.15) is 0 Å². The predicted octanol–water partition coefficient (Wildman–Crippen LogP) is 0.00720. The largest absolute Gasteiger partial charge is 0.397 e. The summed E-state index contributed by atoms with van der Waals surface area (Å²) in [5, 5.41) is 2.06. The second kappa shape index (κ2) is 3.28. The maximum atomic E-state index is 10.5. The van der Waals surface area contributed by atoms with Gasteiger partial charge in [-0.25, -0.2) is 4.98 Å². The highest BCUT2D eigenvalue weighted by Gasteiger charge is 2.01. The van der Waals surface area contributed by atoms with Gasteiger partial charge in [0.05, 0.1) is 6.54 Å². The van der Waals surface area contributed by atoms with Gasteiger partial charge < -0.3 is 10.5 Å². The van der Waals surface area contributed by atoms with Gasteiger partial charge in [-0.15, -0.1) is 0 Å². The highest BCUT2D eigenvalue weighted by molar-refractivity contribution is 7.11. The van der Waals surface area contributed by atoms with Gasteiger partial charge in [0.15, 0.2) is 0 Å². The number of nitrogens with two attached hydrogens (primary N) is 1. The molecular weight excluding hydrogens is 152 g/mol. The molecule has 0 radical (unpaired) electrons. The van der Waals surface area contributed by atoms with Crippen molar-refractivity contribution in [3.8, 4) is 5.19 Å². The topological polar surface area (TPSA) is 65.2 Å². The maximum Gasteiger partial charge on any atom is 0.327 e. The number of ether oxygens (including phenoxy) is 1. The van der Waals surface area contributed by atoms with Crippen LogP contribution < -0.4 is 10.5 Å². The molecule has 1 rings (SSSR count). The number of nitrogens with zero attached hydrogens (tertiary/aromatic N) is 1. The molecule has 1 heterocycles. The summed E-state index contributed by atoms with van der Waals surface area (Å²) in [6, 6.07) is 0. The van der Waals surface area contributed by atoms with Gasteiger partial charge >= 0.3 is 5.97 Å². The number of carbonyl (C=O) groups is 1. The lowest BCUT2D eigenvalue weighted by molar-refractivity contribution is -0.132. The minimum Gasteiger partial charge on any atom is -0.397 e. The van der Waals surface area contributed by atoms with Crippen LogP contribution in [-0.2, 0) is 4.79 Å². The van der Waals surface area contributed by atoms with Gasteiger partial charge in [-0.1, -0.05) is 11.3 Å². The van der Waals surface area contributed by atoms with E-state index in [0.29, 0.717) is 5.19 Å². The third kappa shape index (κ3) is 1.78. The van der Waals surface area contributed by atoms with Crippen molar-refractivity contribution in [1.29, 1.82) is 0 Å². The molecule has 0 aliphatic carbocycles. The number of carbonyl (C=O) groups excluding carboxylic acids is 1. The molecule has 2 N–H and O–H groups in total. The monoisotopic (exact) mass is 158 g/mol. The van der Waals surface area contributed by atoms with E-state index in [9.17, 15) is 4.79 Å². The van der Waals surface area contributed by atoms with E-state index >= 15 is 0 Å². The van der Waals surface area contributed by atoms with Crippen LogP contribution in [0.3, 0.4) is 0 Å². The van der Waals surface area contributed by atoms with Crippen LogP contribution >= 0.6 is 11.3 Å². The summed E-state index contributed by atoms with van der Waals surface area (Å²) in [5.41, 5.74) is 4.99. The highest BCUT2D eigenvalue weighted by Crippen LogP contribution is 2.12. The molecule has 54 valence electrons. The molecule has 0 aliphatic heterocycles. The molecule has 0 unspecified atom stereocenters. The van der Waals surface area contributed by atoms with Crippen molar-refractivity contribution in [3.05, 3.63) is 11.6 Å². The van der Waals surface area contributed by atoms with Gasteiger partial charge in [0, 0.05) is 11.6 Å². The Bertz CT molecular complexity index is 209. The average Bonchev–Trinajstić information content (AvgIpc) is 2.40. The van der Waals surface area contributed by atoms with E-state index in [2.05, 4.69) is 9.72 Å². The van der Waals surface area contributed by atoms with Gasteiger partial charge in [0.1, 0.15) is 0 Å². The summed E-state index contributed by atoms with van der Waals surface area (Å²) < 4.78 is 4.65. The smallest absolute Gasteiger partial charge is 0.327 e. The normalized spacial score (nSPS) is 9.30. The first kappa shape index (κ1) is 7.17. The third-order valence-electron chi connectivity index (χ3n) is 0.777. The lowest BCUT2D eigenvalue weighted by atomic mass is 10.7. The number of thiazole rings is 1. The molecule has 4 nitrogen and oxygen atoms in total. The number of esters is 1. The van der Waals surface area contributed by atoms with Crippen LogP contribution in [0.25, 0.3) is 0 Å². The number of hydrogen-bond donors (Lipinski definition) is 1. The fraction of sp³-hybridized carbons (Fsp3) is 0.200. The summed E-state index contributed by atoms with van der Waals surface area (Å²) in [6.45, 7) is -0.112. The first-order valence-electron chi connectivity index (χ1n) is 2.63. The van der Waals surface area contributed by atoms with Crippen LogP contribution in [0, 0.1) is 0 Å². The van der Waals surface area contributed by atoms with Crippen molar-refractivity contribution in [2.24, 2.45) is 5.73 Å².